The molecule has 0 N–H and O–H groups in total. The minimum Gasteiger partial charge on any atom is -0.335 e. The number of hydrogen-bond acceptors (Lipinski definition) is 0. The molecule has 1 aromatic carbocycles. The number of aromatic nitrogens is 1. The van der Waals surface area contributed by atoms with Gasteiger partial charge in [-0.15, -0.1) is 0 Å². The molecule has 1 heterocycles. The Balaban J connectivity index is 2.64. The second-order valence-electron chi connectivity index (χ2n) is 5.74. The molecule has 2 aromatic rings. The topological polar surface area (TPSA) is 4.93 Å². The molecule has 104 valence electrons. The van der Waals surface area contributed by atoms with E-state index in [1.165, 1.54) is 35.0 Å². The molecule has 0 fully saturated rings. The second kappa shape index (κ2) is 4.25. The second-order valence-corrected chi connectivity index (χ2v) is 5.74. The Morgan fingerprint density at radius 2 is 1.68 bits per heavy atom. The quantitative estimate of drug-likeness (QED) is 0.649. The Bertz CT molecular complexity index is 575. The standard InChI is InChI=1S/C14H15F4N/c1-13(2,3)12(14(16,17)18)19-7-6-9-8-10(15)4-5-11(9)19/h4-8,12H,1-3H3. The third kappa shape index (κ3) is 2.60. The maximum atomic E-state index is 13.3. The number of nitrogens with zero attached hydrogens (tertiary/aromatic N) is 1. The molecule has 19 heavy (non-hydrogen) atoms. The van der Waals surface area contributed by atoms with Gasteiger partial charge in [0.05, 0.1) is 0 Å². The van der Waals surface area contributed by atoms with Crippen molar-refractivity contribution >= 4 is 10.9 Å². The SMILES string of the molecule is CC(C)(C)C(n1ccc2cc(F)ccc21)C(F)(F)F. The first-order valence-electron chi connectivity index (χ1n) is 5.93. The minimum absolute atomic E-state index is 0.388. The van der Waals surface area contributed by atoms with Gasteiger partial charge in [0.25, 0.3) is 0 Å². The molecule has 0 aliphatic heterocycles. The minimum atomic E-state index is -4.36. The Kier molecular flexibility index (Phi) is 3.11. The van der Waals surface area contributed by atoms with Crippen molar-refractivity contribution in [2.45, 2.75) is 33.0 Å². The summed E-state index contributed by atoms with van der Waals surface area (Å²) in [4.78, 5) is 0. The molecule has 1 aromatic heterocycles. The number of benzene rings is 1. The highest BCUT2D eigenvalue weighted by atomic mass is 19.4. The van der Waals surface area contributed by atoms with Crippen LogP contribution >= 0.6 is 0 Å². The molecule has 0 spiro atoms. The van der Waals surface area contributed by atoms with Gasteiger partial charge in [0.2, 0.25) is 0 Å². The molecular formula is C14H15F4N. The van der Waals surface area contributed by atoms with Crippen molar-refractivity contribution in [3.8, 4) is 0 Å². The first-order valence-corrected chi connectivity index (χ1v) is 5.93. The lowest BCUT2D eigenvalue weighted by Crippen LogP contribution is -2.36. The third-order valence-electron chi connectivity index (χ3n) is 3.09. The zero-order chi connectivity index (χ0) is 14.4. The number of fused-ring (bicyclic) bond motifs is 1. The van der Waals surface area contributed by atoms with E-state index in [0.717, 1.165) is 0 Å². The fourth-order valence-electron chi connectivity index (χ4n) is 2.43. The van der Waals surface area contributed by atoms with E-state index in [1.807, 2.05) is 0 Å². The molecule has 0 saturated heterocycles. The number of alkyl halides is 3. The van der Waals surface area contributed by atoms with E-state index in [2.05, 4.69) is 0 Å². The maximum absolute atomic E-state index is 13.3. The fraction of sp³-hybridized carbons (Fsp3) is 0.429. The first kappa shape index (κ1) is 13.9. The molecule has 5 heteroatoms. The highest BCUT2D eigenvalue weighted by molar-refractivity contribution is 5.80. The summed E-state index contributed by atoms with van der Waals surface area (Å²) < 4.78 is 54.1. The number of hydrogen-bond donors (Lipinski definition) is 0. The van der Waals surface area contributed by atoms with Crippen LogP contribution in [0.15, 0.2) is 30.5 Å². The predicted octanol–water partition coefficient (Wildman–Crippen LogP) is 4.93. The van der Waals surface area contributed by atoms with Crippen LogP contribution in [0, 0.1) is 11.2 Å². The molecule has 0 aliphatic carbocycles. The summed E-state index contributed by atoms with van der Waals surface area (Å²) in [5.41, 5.74) is -0.600. The van der Waals surface area contributed by atoms with Crippen molar-refractivity contribution < 1.29 is 17.6 Å². The van der Waals surface area contributed by atoms with Crippen LogP contribution in [0.1, 0.15) is 26.8 Å². The van der Waals surface area contributed by atoms with Crippen LogP contribution in [0.2, 0.25) is 0 Å². The molecule has 1 unspecified atom stereocenters. The molecule has 1 nitrogen and oxygen atoms in total. The summed E-state index contributed by atoms with van der Waals surface area (Å²) in [6.07, 6.45) is -2.99. The average molecular weight is 273 g/mol. The summed E-state index contributed by atoms with van der Waals surface area (Å²) in [5, 5.41) is 0.471. The highest BCUT2D eigenvalue weighted by Gasteiger charge is 2.48. The Hall–Kier alpha value is -1.52. The van der Waals surface area contributed by atoms with Crippen molar-refractivity contribution in [2.75, 3.05) is 0 Å². The summed E-state index contributed by atoms with van der Waals surface area (Å²) in [6, 6.07) is 3.65. The van der Waals surface area contributed by atoms with Crippen molar-refractivity contribution in [3.63, 3.8) is 0 Å². The molecule has 0 aliphatic rings. The van der Waals surface area contributed by atoms with Crippen LogP contribution in [0.5, 0.6) is 0 Å². The molecule has 1 atom stereocenters. The Morgan fingerprint density at radius 3 is 2.21 bits per heavy atom. The lowest BCUT2D eigenvalue weighted by molar-refractivity contribution is -0.190. The lowest BCUT2D eigenvalue weighted by Gasteiger charge is -2.34. The van der Waals surface area contributed by atoms with Gasteiger partial charge in [0, 0.05) is 17.1 Å². The van der Waals surface area contributed by atoms with E-state index in [4.69, 9.17) is 0 Å². The van der Waals surface area contributed by atoms with Crippen molar-refractivity contribution in [1.82, 2.24) is 4.57 Å². The highest BCUT2D eigenvalue weighted by Crippen LogP contribution is 2.44. The van der Waals surface area contributed by atoms with E-state index in [0.29, 0.717) is 10.9 Å². The van der Waals surface area contributed by atoms with E-state index in [9.17, 15) is 17.6 Å². The fourth-order valence-corrected chi connectivity index (χ4v) is 2.43. The third-order valence-corrected chi connectivity index (χ3v) is 3.09. The van der Waals surface area contributed by atoms with Gasteiger partial charge in [-0.25, -0.2) is 4.39 Å². The van der Waals surface area contributed by atoms with Gasteiger partial charge in [-0.3, -0.25) is 0 Å². The number of halogens is 4. The van der Waals surface area contributed by atoms with Crippen molar-refractivity contribution in [1.29, 1.82) is 0 Å². The van der Waals surface area contributed by atoms with Crippen LogP contribution in [0.3, 0.4) is 0 Å². The van der Waals surface area contributed by atoms with E-state index < -0.39 is 23.5 Å². The van der Waals surface area contributed by atoms with Crippen LogP contribution in [0.4, 0.5) is 17.6 Å². The van der Waals surface area contributed by atoms with E-state index in [1.54, 1.807) is 20.8 Å². The molecular weight excluding hydrogens is 258 g/mol. The lowest BCUT2D eigenvalue weighted by atomic mass is 9.86. The monoisotopic (exact) mass is 273 g/mol. The summed E-state index contributed by atoms with van der Waals surface area (Å²) in [6.45, 7) is 4.63. The van der Waals surface area contributed by atoms with Gasteiger partial charge in [-0.2, -0.15) is 13.2 Å². The van der Waals surface area contributed by atoms with E-state index >= 15 is 0 Å². The Morgan fingerprint density at radius 1 is 1.05 bits per heavy atom. The molecule has 0 amide bonds. The smallest absolute Gasteiger partial charge is 0.335 e. The predicted molar refractivity (Wildman–Crippen MR) is 66.4 cm³/mol. The van der Waals surface area contributed by atoms with Crippen molar-refractivity contribution in [2.24, 2.45) is 5.41 Å². The van der Waals surface area contributed by atoms with Crippen molar-refractivity contribution in [3.05, 3.63) is 36.3 Å². The normalized spacial score (nSPS) is 14.9. The summed E-state index contributed by atoms with van der Waals surface area (Å²) >= 11 is 0. The maximum Gasteiger partial charge on any atom is 0.409 e. The average Bonchev–Trinajstić information content (AvgIpc) is 2.56. The van der Waals surface area contributed by atoms with Crippen LogP contribution in [-0.4, -0.2) is 10.7 Å². The zero-order valence-electron chi connectivity index (χ0n) is 10.9. The molecule has 0 radical (unpaired) electrons. The van der Waals surface area contributed by atoms with Gasteiger partial charge in [0.1, 0.15) is 11.9 Å². The number of rotatable bonds is 1. The van der Waals surface area contributed by atoms with Gasteiger partial charge < -0.3 is 4.57 Å². The van der Waals surface area contributed by atoms with Crippen LogP contribution in [0.25, 0.3) is 10.9 Å². The van der Waals surface area contributed by atoms with Gasteiger partial charge >= 0.3 is 6.18 Å². The Labute approximate surface area is 108 Å². The summed E-state index contributed by atoms with van der Waals surface area (Å²) in [7, 11) is 0. The zero-order valence-corrected chi connectivity index (χ0v) is 10.9. The largest absolute Gasteiger partial charge is 0.409 e. The van der Waals surface area contributed by atoms with Crippen LogP contribution in [-0.2, 0) is 0 Å². The first-order chi connectivity index (χ1) is 8.60. The van der Waals surface area contributed by atoms with Crippen LogP contribution < -0.4 is 0 Å². The van der Waals surface area contributed by atoms with Gasteiger partial charge in [-0.05, 0) is 29.7 Å². The molecule has 0 saturated carbocycles. The van der Waals surface area contributed by atoms with E-state index in [-0.39, 0.29) is 0 Å². The summed E-state index contributed by atoms with van der Waals surface area (Å²) in [5.74, 6) is -0.454. The van der Waals surface area contributed by atoms with Gasteiger partial charge in [-0.1, -0.05) is 20.8 Å². The molecule has 0 bridgehead atoms. The molecule has 2 rings (SSSR count). The van der Waals surface area contributed by atoms with Gasteiger partial charge in [0.15, 0.2) is 0 Å².